The fraction of sp³-hybridized carbons (Fsp3) is 0.327. The number of alkyl carbamates (subject to hydrolysis) is 1. The van der Waals surface area contributed by atoms with Crippen molar-refractivity contribution in [2.75, 3.05) is 32.9 Å². The van der Waals surface area contributed by atoms with Crippen molar-refractivity contribution >= 4 is 17.9 Å². The van der Waals surface area contributed by atoms with Gasteiger partial charge >= 0.3 is 6.09 Å². The number of ether oxygens (including phenoxy) is 3. The van der Waals surface area contributed by atoms with Crippen LogP contribution in [0.2, 0.25) is 0 Å². The topological polar surface area (TPSA) is 106 Å². The van der Waals surface area contributed by atoms with Crippen molar-refractivity contribution in [1.29, 1.82) is 0 Å². The van der Waals surface area contributed by atoms with Gasteiger partial charge in [-0.05, 0) is 65.1 Å². The second-order valence-electron chi connectivity index (χ2n) is 14.9. The lowest BCUT2D eigenvalue weighted by molar-refractivity contribution is -0.160. The summed E-state index contributed by atoms with van der Waals surface area (Å²) in [6, 6.07) is 44.2. The first-order valence-electron chi connectivity index (χ1n) is 20.4. The van der Waals surface area contributed by atoms with Gasteiger partial charge in [-0.1, -0.05) is 153 Å². The van der Waals surface area contributed by atoms with Crippen LogP contribution in [-0.2, 0) is 29.3 Å². The summed E-state index contributed by atoms with van der Waals surface area (Å²) in [6.45, 7) is 9.25. The molecule has 1 aliphatic rings. The molecule has 302 valence electrons. The third kappa shape index (κ3) is 9.84. The number of carbonyl (C=O) groups excluding carboxylic acids is 3. The molecule has 1 aliphatic carbocycles. The van der Waals surface area contributed by atoms with E-state index in [0.717, 1.165) is 38.9 Å². The van der Waals surface area contributed by atoms with Crippen LogP contribution < -0.4 is 10.6 Å². The van der Waals surface area contributed by atoms with Gasteiger partial charge < -0.3 is 29.7 Å². The first-order chi connectivity index (χ1) is 28.2. The average molecular weight is 782 g/mol. The predicted molar refractivity (Wildman–Crippen MR) is 227 cm³/mol. The summed E-state index contributed by atoms with van der Waals surface area (Å²) in [6.07, 6.45) is -1.14. The van der Waals surface area contributed by atoms with Crippen molar-refractivity contribution in [3.8, 4) is 11.1 Å². The number of hydrogen-bond acceptors (Lipinski definition) is 6. The summed E-state index contributed by atoms with van der Waals surface area (Å²) in [7, 11) is 0. The Hall–Kier alpha value is -5.77. The maximum absolute atomic E-state index is 14.8. The molecule has 1 atom stereocenters. The Balaban J connectivity index is 1.32. The van der Waals surface area contributed by atoms with Crippen LogP contribution in [0.3, 0.4) is 0 Å². The summed E-state index contributed by atoms with van der Waals surface area (Å²) < 4.78 is 17.7. The minimum Gasteiger partial charge on any atom is -0.449 e. The van der Waals surface area contributed by atoms with E-state index in [-0.39, 0.29) is 31.4 Å². The summed E-state index contributed by atoms with van der Waals surface area (Å²) in [5.74, 6) is -0.769. The molecule has 58 heavy (non-hydrogen) atoms. The zero-order valence-corrected chi connectivity index (χ0v) is 33.9. The summed E-state index contributed by atoms with van der Waals surface area (Å²) >= 11 is 0. The SMILES string of the molecule is CCOC(CN(CCC(C)C)C(=O)C(CC(=O)NC(c1ccccc1)(c1ccccc1)c1ccccc1)NC(=O)OCC1c2ccccc2-c2ccccc21)OCC. The number of amides is 3. The highest BCUT2D eigenvalue weighted by atomic mass is 16.7. The van der Waals surface area contributed by atoms with Gasteiger partial charge in [-0.3, -0.25) is 9.59 Å². The highest BCUT2D eigenvalue weighted by Crippen LogP contribution is 2.44. The summed E-state index contributed by atoms with van der Waals surface area (Å²) in [5.41, 5.74) is 5.74. The number of rotatable bonds is 19. The molecule has 0 saturated carbocycles. The van der Waals surface area contributed by atoms with Gasteiger partial charge in [0.2, 0.25) is 11.8 Å². The second-order valence-corrected chi connectivity index (χ2v) is 14.9. The van der Waals surface area contributed by atoms with Crippen LogP contribution in [0, 0.1) is 5.92 Å². The maximum Gasteiger partial charge on any atom is 0.407 e. The fourth-order valence-corrected chi connectivity index (χ4v) is 7.84. The third-order valence-corrected chi connectivity index (χ3v) is 10.6. The molecule has 1 unspecified atom stereocenters. The minimum atomic E-state index is -1.27. The Bertz CT molecular complexity index is 1940. The predicted octanol–water partition coefficient (Wildman–Crippen LogP) is 8.67. The van der Waals surface area contributed by atoms with E-state index in [0.29, 0.717) is 26.2 Å². The van der Waals surface area contributed by atoms with E-state index in [4.69, 9.17) is 14.2 Å². The number of benzene rings is 5. The normalized spacial score (nSPS) is 12.8. The van der Waals surface area contributed by atoms with Gasteiger partial charge in [0.1, 0.15) is 18.2 Å². The highest BCUT2D eigenvalue weighted by Gasteiger charge is 2.40. The number of hydrogen-bond donors (Lipinski definition) is 2. The van der Waals surface area contributed by atoms with Gasteiger partial charge in [0.15, 0.2) is 6.29 Å². The van der Waals surface area contributed by atoms with Gasteiger partial charge in [-0.15, -0.1) is 0 Å². The molecule has 5 aromatic carbocycles. The Morgan fingerprint density at radius 3 is 1.60 bits per heavy atom. The van der Waals surface area contributed by atoms with Crippen LogP contribution >= 0.6 is 0 Å². The molecule has 0 bridgehead atoms. The molecule has 0 heterocycles. The lowest BCUT2D eigenvalue weighted by Crippen LogP contribution is -2.55. The molecule has 0 radical (unpaired) electrons. The van der Waals surface area contributed by atoms with E-state index in [1.165, 1.54) is 0 Å². The zero-order valence-electron chi connectivity index (χ0n) is 33.9. The molecule has 0 saturated heterocycles. The summed E-state index contributed by atoms with van der Waals surface area (Å²) in [5, 5.41) is 6.19. The Morgan fingerprint density at radius 1 is 0.672 bits per heavy atom. The molecular formula is C49H55N3O6. The van der Waals surface area contributed by atoms with Crippen molar-refractivity contribution in [2.45, 2.75) is 64.3 Å². The average Bonchev–Trinajstić information content (AvgIpc) is 3.57. The second kappa shape index (κ2) is 20.1. The van der Waals surface area contributed by atoms with Gasteiger partial charge in [-0.25, -0.2) is 4.79 Å². The van der Waals surface area contributed by atoms with Crippen LogP contribution in [0.25, 0.3) is 11.1 Å². The van der Waals surface area contributed by atoms with E-state index in [2.05, 4.69) is 48.7 Å². The van der Waals surface area contributed by atoms with Gasteiger partial charge in [0.25, 0.3) is 0 Å². The smallest absolute Gasteiger partial charge is 0.407 e. The van der Waals surface area contributed by atoms with E-state index in [1.807, 2.05) is 129 Å². The number of fused-ring (bicyclic) bond motifs is 3. The monoisotopic (exact) mass is 781 g/mol. The Labute approximate surface area is 342 Å². The zero-order chi connectivity index (χ0) is 40.9. The first kappa shape index (κ1) is 41.9. The van der Waals surface area contributed by atoms with Gasteiger partial charge in [0, 0.05) is 25.7 Å². The van der Waals surface area contributed by atoms with Crippen molar-refractivity contribution in [2.24, 2.45) is 5.92 Å². The Morgan fingerprint density at radius 2 is 1.14 bits per heavy atom. The van der Waals surface area contributed by atoms with Crippen LogP contribution in [0.5, 0.6) is 0 Å². The fourth-order valence-electron chi connectivity index (χ4n) is 7.84. The van der Waals surface area contributed by atoms with Crippen LogP contribution in [0.15, 0.2) is 140 Å². The lowest BCUT2D eigenvalue weighted by atomic mass is 9.77. The molecule has 0 aliphatic heterocycles. The van der Waals surface area contributed by atoms with Crippen LogP contribution in [0.1, 0.15) is 74.3 Å². The van der Waals surface area contributed by atoms with Crippen LogP contribution in [-0.4, -0.2) is 68.0 Å². The van der Waals surface area contributed by atoms with E-state index in [9.17, 15) is 14.4 Å². The Kier molecular flexibility index (Phi) is 14.5. The maximum atomic E-state index is 14.8. The minimum absolute atomic E-state index is 0.0555. The molecule has 0 aromatic heterocycles. The first-order valence-corrected chi connectivity index (χ1v) is 20.4. The number of nitrogens with zero attached hydrogens (tertiary/aromatic N) is 1. The molecule has 5 aromatic rings. The molecule has 3 amide bonds. The number of nitrogens with one attached hydrogen (secondary N) is 2. The molecular weight excluding hydrogens is 727 g/mol. The third-order valence-electron chi connectivity index (χ3n) is 10.6. The summed E-state index contributed by atoms with van der Waals surface area (Å²) in [4.78, 5) is 45.0. The van der Waals surface area contributed by atoms with Crippen molar-refractivity contribution in [3.63, 3.8) is 0 Å². The van der Waals surface area contributed by atoms with E-state index < -0.39 is 35.8 Å². The van der Waals surface area contributed by atoms with Crippen molar-refractivity contribution in [3.05, 3.63) is 167 Å². The standard InChI is InChI=1S/C49H55N3O6/c1-5-56-46(57-6-2)33-52(31-30-35(3)4)47(54)44(50-48(55)58-34-43-41-28-18-16-26-39(41)40-27-17-19-29-42(40)43)32-45(53)51-49(36-20-10-7-11-21-36,37-22-12-8-13-23-37)38-24-14-9-15-25-38/h7-29,35,43-44,46H,5-6,30-34H2,1-4H3,(H,50,55)(H,51,53). The largest absolute Gasteiger partial charge is 0.449 e. The van der Waals surface area contributed by atoms with Gasteiger partial charge in [-0.2, -0.15) is 0 Å². The molecule has 9 heteroatoms. The lowest BCUT2D eigenvalue weighted by Gasteiger charge is -2.37. The van der Waals surface area contributed by atoms with Crippen LogP contribution in [0.4, 0.5) is 4.79 Å². The van der Waals surface area contributed by atoms with Gasteiger partial charge in [0.05, 0.1) is 13.0 Å². The molecule has 0 spiro atoms. The van der Waals surface area contributed by atoms with Crippen molar-refractivity contribution < 1.29 is 28.6 Å². The van der Waals surface area contributed by atoms with E-state index in [1.54, 1.807) is 4.90 Å². The van der Waals surface area contributed by atoms with E-state index >= 15 is 0 Å². The number of carbonyl (C=O) groups is 3. The molecule has 9 nitrogen and oxygen atoms in total. The molecule has 0 fully saturated rings. The van der Waals surface area contributed by atoms with Crippen molar-refractivity contribution in [1.82, 2.24) is 15.5 Å². The quantitative estimate of drug-likeness (QED) is 0.0642. The molecule has 6 rings (SSSR count). The highest BCUT2D eigenvalue weighted by molar-refractivity contribution is 5.91. The molecule has 2 N–H and O–H groups in total.